The Morgan fingerprint density at radius 1 is 1.12 bits per heavy atom. The SMILES string of the molecule is CCCC(CCC)OOC(=O)c1ccccc1. The van der Waals surface area contributed by atoms with E-state index in [4.69, 9.17) is 9.78 Å². The molecule has 0 saturated carbocycles. The van der Waals surface area contributed by atoms with Crippen molar-refractivity contribution < 1.29 is 14.6 Å². The van der Waals surface area contributed by atoms with E-state index in [1.807, 2.05) is 6.07 Å². The molecule has 0 fully saturated rings. The summed E-state index contributed by atoms with van der Waals surface area (Å²) in [5.74, 6) is -0.428. The molecule has 3 nitrogen and oxygen atoms in total. The molecular weight excluding hydrogens is 216 g/mol. The summed E-state index contributed by atoms with van der Waals surface area (Å²) in [7, 11) is 0. The maximum atomic E-state index is 11.6. The molecule has 1 aromatic carbocycles. The van der Waals surface area contributed by atoms with Crippen LogP contribution in [0, 0.1) is 0 Å². The fourth-order valence-electron chi connectivity index (χ4n) is 1.62. The summed E-state index contributed by atoms with van der Waals surface area (Å²) in [5, 5.41) is 0. The number of carbonyl (C=O) groups excluding carboxylic acids is 1. The first kappa shape index (κ1) is 13.7. The number of carbonyl (C=O) groups is 1. The van der Waals surface area contributed by atoms with E-state index in [1.54, 1.807) is 24.3 Å². The average Bonchev–Trinajstić information content (AvgIpc) is 2.37. The highest BCUT2D eigenvalue weighted by atomic mass is 17.2. The first-order valence-corrected chi connectivity index (χ1v) is 6.20. The molecule has 3 heteroatoms. The smallest absolute Gasteiger partial charge is 0.293 e. The Labute approximate surface area is 103 Å². The average molecular weight is 236 g/mol. The maximum Gasteiger partial charge on any atom is 0.373 e. The first-order valence-electron chi connectivity index (χ1n) is 6.20. The van der Waals surface area contributed by atoms with Gasteiger partial charge in [-0.1, -0.05) is 44.9 Å². The van der Waals surface area contributed by atoms with E-state index >= 15 is 0 Å². The lowest BCUT2D eigenvalue weighted by Crippen LogP contribution is -2.16. The van der Waals surface area contributed by atoms with E-state index in [1.165, 1.54) is 0 Å². The molecule has 0 radical (unpaired) electrons. The second-order valence-corrected chi connectivity index (χ2v) is 4.03. The summed E-state index contributed by atoms with van der Waals surface area (Å²) in [4.78, 5) is 21.7. The van der Waals surface area contributed by atoms with Crippen LogP contribution in [0.4, 0.5) is 0 Å². The van der Waals surface area contributed by atoms with E-state index in [9.17, 15) is 4.79 Å². The van der Waals surface area contributed by atoms with Gasteiger partial charge in [0.1, 0.15) is 6.10 Å². The summed E-state index contributed by atoms with van der Waals surface area (Å²) in [6.07, 6.45) is 3.88. The molecule has 0 heterocycles. The van der Waals surface area contributed by atoms with Crippen molar-refractivity contribution in [3.63, 3.8) is 0 Å². The van der Waals surface area contributed by atoms with Gasteiger partial charge in [0.05, 0.1) is 5.56 Å². The zero-order chi connectivity index (χ0) is 12.5. The summed E-state index contributed by atoms with van der Waals surface area (Å²) in [5.41, 5.74) is 0.513. The zero-order valence-electron chi connectivity index (χ0n) is 10.5. The summed E-state index contributed by atoms with van der Waals surface area (Å²) in [6.45, 7) is 4.18. The Bertz CT molecular complexity index is 315. The molecule has 0 aliphatic heterocycles. The standard InChI is InChI=1S/C14H20O3/c1-3-8-13(9-4-2)16-17-14(15)12-10-6-5-7-11-12/h5-7,10-11,13H,3-4,8-9H2,1-2H3. The van der Waals surface area contributed by atoms with Crippen molar-refractivity contribution in [1.29, 1.82) is 0 Å². The van der Waals surface area contributed by atoms with Crippen LogP contribution in [-0.4, -0.2) is 12.1 Å². The number of benzene rings is 1. The van der Waals surface area contributed by atoms with Gasteiger partial charge < -0.3 is 0 Å². The van der Waals surface area contributed by atoms with Gasteiger partial charge in [-0.05, 0) is 25.0 Å². The van der Waals surface area contributed by atoms with Crippen molar-refractivity contribution in [2.75, 3.05) is 0 Å². The quantitative estimate of drug-likeness (QED) is 0.534. The molecule has 1 aromatic rings. The van der Waals surface area contributed by atoms with Crippen molar-refractivity contribution in [3.8, 4) is 0 Å². The zero-order valence-corrected chi connectivity index (χ0v) is 10.5. The van der Waals surface area contributed by atoms with Gasteiger partial charge >= 0.3 is 5.97 Å². The molecular formula is C14H20O3. The van der Waals surface area contributed by atoms with E-state index < -0.39 is 5.97 Å². The lowest BCUT2D eigenvalue weighted by Gasteiger charge is -2.14. The third kappa shape index (κ3) is 5.00. The number of hydrogen-bond donors (Lipinski definition) is 0. The summed E-state index contributed by atoms with van der Waals surface area (Å²) < 4.78 is 0. The third-order valence-corrected chi connectivity index (χ3v) is 2.49. The van der Waals surface area contributed by atoms with Gasteiger partial charge in [0.2, 0.25) is 0 Å². The van der Waals surface area contributed by atoms with Crippen LogP contribution in [0.2, 0.25) is 0 Å². The molecule has 0 aromatic heterocycles. The molecule has 0 amide bonds. The topological polar surface area (TPSA) is 35.5 Å². The fourth-order valence-corrected chi connectivity index (χ4v) is 1.62. The van der Waals surface area contributed by atoms with E-state index in [0.29, 0.717) is 5.56 Å². The predicted octanol–water partition coefficient (Wildman–Crippen LogP) is 3.74. The largest absolute Gasteiger partial charge is 0.373 e. The lowest BCUT2D eigenvalue weighted by molar-refractivity contribution is -0.276. The molecule has 17 heavy (non-hydrogen) atoms. The van der Waals surface area contributed by atoms with Crippen LogP contribution in [0.1, 0.15) is 49.9 Å². The Morgan fingerprint density at radius 3 is 2.24 bits per heavy atom. The van der Waals surface area contributed by atoms with Crippen molar-refractivity contribution >= 4 is 5.97 Å². The molecule has 0 aliphatic carbocycles. The van der Waals surface area contributed by atoms with Crippen LogP contribution >= 0.6 is 0 Å². The van der Waals surface area contributed by atoms with E-state index in [2.05, 4.69) is 13.8 Å². The van der Waals surface area contributed by atoms with Gasteiger partial charge in [-0.3, -0.25) is 4.89 Å². The summed E-state index contributed by atoms with van der Waals surface area (Å²) >= 11 is 0. The van der Waals surface area contributed by atoms with Gasteiger partial charge in [-0.2, -0.15) is 4.89 Å². The van der Waals surface area contributed by atoms with E-state index in [-0.39, 0.29) is 6.10 Å². The minimum Gasteiger partial charge on any atom is -0.293 e. The van der Waals surface area contributed by atoms with Gasteiger partial charge in [0.25, 0.3) is 0 Å². The molecule has 0 atom stereocenters. The van der Waals surface area contributed by atoms with Crippen molar-refractivity contribution in [2.24, 2.45) is 0 Å². The Balaban J connectivity index is 2.41. The van der Waals surface area contributed by atoms with Gasteiger partial charge in [-0.25, -0.2) is 4.79 Å². The predicted molar refractivity (Wildman–Crippen MR) is 66.5 cm³/mol. The van der Waals surface area contributed by atoms with Crippen LogP contribution in [0.3, 0.4) is 0 Å². The molecule has 0 saturated heterocycles. The summed E-state index contributed by atoms with van der Waals surface area (Å²) in [6, 6.07) is 8.87. The highest BCUT2D eigenvalue weighted by Gasteiger charge is 2.13. The molecule has 0 unspecified atom stereocenters. The van der Waals surface area contributed by atoms with Gasteiger partial charge in [-0.15, -0.1) is 0 Å². The van der Waals surface area contributed by atoms with Crippen molar-refractivity contribution in [1.82, 2.24) is 0 Å². The van der Waals surface area contributed by atoms with Crippen molar-refractivity contribution in [2.45, 2.75) is 45.6 Å². The van der Waals surface area contributed by atoms with Crippen LogP contribution in [-0.2, 0) is 9.78 Å². The highest BCUT2D eigenvalue weighted by molar-refractivity contribution is 5.88. The molecule has 0 bridgehead atoms. The molecule has 94 valence electrons. The van der Waals surface area contributed by atoms with Gasteiger partial charge in [0.15, 0.2) is 0 Å². The maximum absolute atomic E-state index is 11.6. The minimum atomic E-state index is -0.428. The van der Waals surface area contributed by atoms with Crippen LogP contribution < -0.4 is 0 Å². The molecule has 0 N–H and O–H groups in total. The van der Waals surface area contributed by atoms with E-state index in [0.717, 1.165) is 25.7 Å². The normalized spacial score (nSPS) is 10.5. The number of hydrogen-bond acceptors (Lipinski definition) is 3. The van der Waals surface area contributed by atoms with Crippen LogP contribution in [0.15, 0.2) is 30.3 Å². The molecule has 1 rings (SSSR count). The Morgan fingerprint density at radius 2 is 1.71 bits per heavy atom. The number of rotatable bonds is 7. The second kappa shape index (κ2) is 7.85. The second-order valence-electron chi connectivity index (χ2n) is 4.03. The Kier molecular flexibility index (Phi) is 6.33. The minimum absolute atomic E-state index is 0.0117. The Hall–Kier alpha value is -1.35. The monoisotopic (exact) mass is 236 g/mol. The molecule has 0 spiro atoms. The lowest BCUT2D eigenvalue weighted by atomic mass is 10.1. The van der Waals surface area contributed by atoms with Gasteiger partial charge in [0, 0.05) is 0 Å². The van der Waals surface area contributed by atoms with Crippen molar-refractivity contribution in [3.05, 3.63) is 35.9 Å². The fraction of sp³-hybridized carbons (Fsp3) is 0.500. The third-order valence-electron chi connectivity index (χ3n) is 2.49. The molecule has 0 aliphatic rings. The van der Waals surface area contributed by atoms with Crippen LogP contribution in [0.25, 0.3) is 0 Å². The van der Waals surface area contributed by atoms with Crippen LogP contribution in [0.5, 0.6) is 0 Å². The first-order chi connectivity index (χ1) is 8.27. The highest BCUT2D eigenvalue weighted by Crippen LogP contribution is 2.11.